The summed E-state index contributed by atoms with van der Waals surface area (Å²) < 4.78 is 0. The highest BCUT2D eigenvalue weighted by Gasteiger charge is 2.32. The third kappa shape index (κ3) is 4.10. The van der Waals surface area contributed by atoms with Crippen molar-refractivity contribution in [1.29, 1.82) is 0 Å². The Morgan fingerprint density at radius 2 is 2.00 bits per heavy atom. The monoisotopic (exact) mass is 227 g/mol. The van der Waals surface area contributed by atoms with Crippen molar-refractivity contribution in [3.63, 3.8) is 0 Å². The van der Waals surface area contributed by atoms with Gasteiger partial charge in [0.15, 0.2) is 0 Å². The van der Waals surface area contributed by atoms with Crippen molar-refractivity contribution in [1.82, 2.24) is 9.80 Å². The lowest BCUT2D eigenvalue weighted by molar-refractivity contribution is -0.128. The molecule has 0 saturated heterocycles. The highest BCUT2D eigenvalue weighted by Crippen LogP contribution is 2.34. The van der Waals surface area contributed by atoms with Gasteiger partial charge in [0.2, 0.25) is 5.91 Å². The van der Waals surface area contributed by atoms with Crippen LogP contribution in [0, 0.1) is 5.92 Å². The van der Waals surface area contributed by atoms with Crippen LogP contribution < -0.4 is 5.73 Å². The molecule has 1 fully saturated rings. The summed E-state index contributed by atoms with van der Waals surface area (Å²) in [6.07, 6.45) is 4.21. The zero-order valence-electron chi connectivity index (χ0n) is 10.8. The van der Waals surface area contributed by atoms with Gasteiger partial charge in [0.05, 0.1) is 0 Å². The van der Waals surface area contributed by atoms with Crippen LogP contribution in [0.25, 0.3) is 0 Å². The molecule has 1 rings (SSSR count). The summed E-state index contributed by atoms with van der Waals surface area (Å²) in [6, 6.07) is 0.523. The van der Waals surface area contributed by atoms with Crippen LogP contribution in [-0.2, 0) is 4.79 Å². The molecule has 0 aromatic carbocycles. The number of hydrogen-bond acceptors (Lipinski definition) is 3. The first kappa shape index (κ1) is 13.5. The lowest BCUT2D eigenvalue weighted by atomic mass is 10.1. The maximum absolute atomic E-state index is 11.4. The minimum absolute atomic E-state index is 0.212. The van der Waals surface area contributed by atoms with Crippen LogP contribution in [0.5, 0.6) is 0 Å². The Balaban J connectivity index is 2.18. The zero-order chi connectivity index (χ0) is 12.1. The van der Waals surface area contributed by atoms with E-state index in [1.807, 2.05) is 0 Å². The summed E-state index contributed by atoms with van der Waals surface area (Å²) in [6.45, 7) is 1.71. The Labute approximate surface area is 98.8 Å². The van der Waals surface area contributed by atoms with Crippen LogP contribution >= 0.6 is 0 Å². The fourth-order valence-corrected chi connectivity index (χ4v) is 2.08. The molecule has 0 aromatic heterocycles. The highest BCUT2D eigenvalue weighted by atomic mass is 16.2. The number of carbonyl (C=O) groups is 1. The van der Waals surface area contributed by atoms with Crippen LogP contribution in [0.1, 0.15) is 25.7 Å². The fraction of sp³-hybridized carbons (Fsp3) is 0.917. The van der Waals surface area contributed by atoms with Crippen LogP contribution in [0.4, 0.5) is 0 Å². The van der Waals surface area contributed by atoms with E-state index in [0.29, 0.717) is 12.5 Å². The molecule has 0 bridgehead atoms. The molecule has 2 N–H and O–H groups in total. The predicted molar refractivity (Wildman–Crippen MR) is 66.1 cm³/mol. The molecule has 0 aromatic rings. The largest absolute Gasteiger partial charge is 0.349 e. The van der Waals surface area contributed by atoms with Crippen molar-refractivity contribution < 1.29 is 4.79 Å². The summed E-state index contributed by atoms with van der Waals surface area (Å²) in [5.41, 5.74) is 5.78. The second kappa shape index (κ2) is 6.21. The van der Waals surface area contributed by atoms with Crippen molar-refractivity contribution in [3.05, 3.63) is 0 Å². The van der Waals surface area contributed by atoms with Gasteiger partial charge >= 0.3 is 0 Å². The zero-order valence-corrected chi connectivity index (χ0v) is 10.8. The van der Waals surface area contributed by atoms with Gasteiger partial charge < -0.3 is 15.5 Å². The number of hydrogen-bond donors (Lipinski definition) is 1. The minimum atomic E-state index is 0.212. The standard InChI is InChI=1S/C12H25N3O/c1-14(2)12(16)5-4-8-15(3)11(9-13)10-6-7-10/h10-11H,4-9,13H2,1-3H3. The third-order valence-electron chi connectivity index (χ3n) is 3.37. The van der Waals surface area contributed by atoms with Crippen molar-refractivity contribution >= 4 is 5.91 Å². The molecule has 1 atom stereocenters. The van der Waals surface area contributed by atoms with Gasteiger partial charge in [-0.15, -0.1) is 0 Å². The summed E-state index contributed by atoms with van der Waals surface area (Å²) in [7, 11) is 5.73. The van der Waals surface area contributed by atoms with Crippen LogP contribution in [0.15, 0.2) is 0 Å². The first-order valence-electron chi connectivity index (χ1n) is 6.16. The van der Waals surface area contributed by atoms with Crippen molar-refractivity contribution in [2.24, 2.45) is 11.7 Å². The number of carbonyl (C=O) groups excluding carboxylic acids is 1. The molecule has 1 amide bonds. The summed E-state index contributed by atoms with van der Waals surface area (Å²) in [5.74, 6) is 1.02. The molecular formula is C12H25N3O. The second-order valence-corrected chi connectivity index (χ2v) is 5.01. The average Bonchev–Trinajstić information content (AvgIpc) is 3.02. The summed E-state index contributed by atoms with van der Waals surface area (Å²) in [5, 5.41) is 0. The maximum Gasteiger partial charge on any atom is 0.222 e. The van der Waals surface area contributed by atoms with Gasteiger partial charge in [-0.05, 0) is 38.8 Å². The summed E-state index contributed by atoms with van der Waals surface area (Å²) >= 11 is 0. The molecule has 16 heavy (non-hydrogen) atoms. The Hall–Kier alpha value is -0.610. The van der Waals surface area contributed by atoms with Gasteiger partial charge in [0, 0.05) is 33.1 Å². The van der Waals surface area contributed by atoms with E-state index in [1.165, 1.54) is 12.8 Å². The molecule has 1 aliphatic carbocycles. The fourth-order valence-electron chi connectivity index (χ4n) is 2.08. The van der Waals surface area contributed by atoms with E-state index in [2.05, 4.69) is 11.9 Å². The van der Waals surface area contributed by atoms with Gasteiger partial charge in [0.1, 0.15) is 0 Å². The molecule has 0 aliphatic heterocycles. The number of likely N-dealkylation sites (N-methyl/N-ethyl adjacent to an activating group) is 1. The predicted octanol–water partition coefficient (Wildman–Crippen LogP) is 0.524. The van der Waals surface area contributed by atoms with Crippen LogP contribution in [-0.4, -0.2) is 56.0 Å². The Morgan fingerprint density at radius 3 is 2.44 bits per heavy atom. The maximum atomic E-state index is 11.4. The van der Waals surface area contributed by atoms with Crippen molar-refractivity contribution in [2.75, 3.05) is 34.2 Å². The number of nitrogens with zero attached hydrogens (tertiary/aromatic N) is 2. The second-order valence-electron chi connectivity index (χ2n) is 5.01. The van der Waals surface area contributed by atoms with E-state index in [0.717, 1.165) is 25.4 Å². The third-order valence-corrected chi connectivity index (χ3v) is 3.37. The Morgan fingerprint density at radius 1 is 1.38 bits per heavy atom. The lowest BCUT2D eigenvalue weighted by Gasteiger charge is -2.26. The molecular weight excluding hydrogens is 202 g/mol. The molecule has 94 valence electrons. The van der Waals surface area contributed by atoms with E-state index >= 15 is 0 Å². The van der Waals surface area contributed by atoms with Gasteiger partial charge in [-0.2, -0.15) is 0 Å². The van der Waals surface area contributed by atoms with Crippen molar-refractivity contribution in [2.45, 2.75) is 31.7 Å². The van der Waals surface area contributed by atoms with Gasteiger partial charge in [0.25, 0.3) is 0 Å². The van der Waals surface area contributed by atoms with E-state index < -0.39 is 0 Å². The van der Waals surface area contributed by atoms with Gasteiger partial charge in [-0.25, -0.2) is 0 Å². The van der Waals surface area contributed by atoms with Gasteiger partial charge in [-0.3, -0.25) is 4.79 Å². The smallest absolute Gasteiger partial charge is 0.222 e. The van der Waals surface area contributed by atoms with E-state index in [-0.39, 0.29) is 5.91 Å². The Kier molecular flexibility index (Phi) is 5.22. The van der Waals surface area contributed by atoms with Crippen LogP contribution in [0.2, 0.25) is 0 Å². The topological polar surface area (TPSA) is 49.6 Å². The normalized spacial score (nSPS) is 17.6. The minimum Gasteiger partial charge on any atom is -0.349 e. The highest BCUT2D eigenvalue weighted by molar-refractivity contribution is 5.75. The SMILES string of the molecule is CN(C)C(=O)CCCN(C)C(CN)C1CC1. The van der Waals surface area contributed by atoms with Crippen molar-refractivity contribution in [3.8, 4) is 0 Å². The van der Waals surface area contributed by atoms with E-state index in [9.17, 15) is 4.79 Å². The Bertz CT molecular complexity index is 226. The first-order valence-corrected chi connectivity index (χ1v) is 6.16. The molecule has 1 saturated carbocycles. The summed E-state index contributed by atoms with van der Waals surface area (Å²) in [4.78, 5) is 15.4. The van der Waals surface area contributed by atoms with Crippen LogP contribution in [0.3, 0.4) is 0 Å². The molecule has 0 spiro atoms. The number of rotatable bonds is 7. The average molecular weight is 227 g/mol. The van der Waals surface area contributed by atoms with E-state index in [1.54, 1.807) is 19.0 Å². The quantitative estimate of drug-likeness (QED) is 0.690. The van der Waals surface area contributed by atoms with E-state index in [4.69, 9.17) is 5.73 Å². The molecule has 0 heterocycles. The first-order chi connectivity index (χ1) is 7.56. The van der Waals surface area contributed by atoms with Gasteiger partial charge in [-0.1, -0.05) is 0 Å². The lowest BCUT2D eigenvalue weighted by Crippen LogP contribution is -2.40. The molecule has 4 nitrogen and oxygen atoms in total. The molecule has 0 radical (unpaired) electrons. The molecule has 1 aliphatic rings. The molecule has 1 unspecified atom stereocenters. The number of nitrogens with two attached hydrogens (primary N) is 1. The number of amides is 1. The molecule has 4 heteroatoms.